The van der Waals surface area contributed by atoms with E-state index in [1.54, 1.807) is 67.6 Å². The Morgan fingerprint density at radius 3 is 2.33 bits per heavy atom. The maximum Gasteiger partial charge on any atom is 0.343 e. The first-order valence-corrected chi connectivity index (χ1v) is 9.32. The number of anilines is 1. The Balaban J connectivity index is 1.87. The second-order valence-electron chi connectivity index (χ2n) is 6.84. The highest BCUT2D eigenvalue weighted by Crippen LogP contribution is 2.25. The van der Waals surface area contributed by atoms with Crippen molar-refractivity contribution in [3.8, 4) is 5.75 Å². The zero-order valence-electron chi connectivity index (χ0n) is 16.6. The van der Waals surface area contributed by atoms with Crippen molar-refractivity contribution < 1.29 is 24.2 Å². The van der Waals surface area contributed by atoms with Crippen LogP contribution in [-0.4, -0.2) is 22.8 Å². The summed E-state index contributed by atoms with van der Waals surface area (Å²) in [6.07, 6.45) is -1.25. The van der Waals surface area contributed by atoms with Crippen LogP contribution in [-0.2, 0) is 9.53 Å². The average Bonchev–Trinajstić information content (AvgIpc) is 2.72. The van der Waals surface area contributed by atoms with Crippen LogP contribution in [0.4, 0.5) is 5.69 Å². The van der Waals surface area contributed by atoms with Gasteiger partial charge < -0.3 is 15.2 Å². The van der Waals surface area contributed by atoms with Gasteiger partial charge in [-0.3, -0.25) is 9.59 Å². The quantitative estimate of drug-likeness (QED) is 0.469. The highest BCUT2D eigenvalue weighted by molar-refractivity contribution is 6.00. The number of phenols is 1. The summed E-state index contributed by atoms with van der Waals surface area (Å²) < 4.78 is 5.48. The highest BCUT2D eigenvalue weighted by atomic mass is 16.5. The molecule has 1 atom stereocenters. The first-order valence-electron chi connectivity index (χ1n) is 9.32. The molecule has 0 saturated heterocycles. The molecule has 6 nitrogen and oxygen atoms in total. The van der Waals surface area contributed by atoms with Gasteiger partial charge in [-0.25, -0.2) is 4.79 Å². The van der Waals surface area contributed by atoms with Crippen molar-refractivity contribution in [2.24, 2.45) is 0 Å². The van der Waals surface area contributed by atoms with Crippen LogP contribution in [0.15, 0.2) is 72.8 Å². The number of hydrogen-bond donors (Lipinski definition) is 2. The fraction of sp³-hybridized carbons (Fsp3) is 0.125. The topological polar surface area (TPSA) is 92.7 Å². The monoisotopic (exact) mass is 403 g/mol. The van der Waals surface area contributed by atoms with Crippen LogP contribution in [0, 0.1) is 6.92 Å². The fourth-order valence-electron chi connectivity index (χ4n) is 2.91. The smallest absolute Gasteiger partial charge is 0.343 e. The maximum absolute atomic E-state index is 13.0. The number of carbonyl (C=O) groups is 3. The summed E-state index contributed by atoms with van der Waals surface area (Å²) in [4.78, 5) is 37.2. The lowest BCUT2D eigenvalue weighted by Gasteiger charge is -2.18. The molecular formula is C24H21NO5. The number of hydrogen-bond acceptors (Lipinski definition) is 5. The number of phenolic OH excluding ortho intramolecular Hbond substituents is 1. The molecule has 0 aliphatic rings. The number of amides is 1. The Hall–Kier alpha value is -3.93. The number of benzene rings is 3. The van der Waals surface area contributed by atoms with E-state index in [0.717, 1.165) is 5.56 Å². The molecule has 3 aromatic carbocycles. The van der Waals surface area contributed by atoms with Gasteiger partial charge in [0, 0.05) is 16.8 Å². The number of carbonyl (C=O) groups excluding carboxylic acids is 3. The van der Waals surface area contributed by atoms with Gasteiger partial charge in [-0.05, 0) is 43.7 Å². The molecule has 0 saturated carbocycles. The van der Waals surface area contributed by atoms with Gasteiger partial charge in [-0.1, -0.05) is 48.5 Å². The first-order chi connectivity index (χ1) is 14.3. The lowest BCUT2D eigenvalue weighted by molar-refractivity contribution is -0.125. The van der Waals surface area contributed by atoms with E-state index in [4.69, 9.17) is 4.74 Å². The van der Waals surface area contributed by atoms with Crippen LogP contribution in [0.5, 0.6) is 5.75 Å². The van der Waals surface area contributed by atoms with E-state index >= 15 is 0 Å². The standard InChI is InChI=1S/C24H21NO5/c1-15-11-12-20(21(27)13-15)24(29)30-22(17-7-4-3-5-8-17)23(28)25-19-10-6-9-18(14-19)16(2)26/h3-14,22,27H,1-2H3,(H,25,28)/t22-/m1/s1. The molecular weight excluding hydrogens is 382 g/mol. The number of ether oxygens (including phenoxy) is 1. The number of nitrogens with one attached hydrogen (secondary N) is 1. The number of aryl methyl sites for hydroxylation is 1. The summed E-state index contributed by atoms with van der Waals surface area (Å²) >= 11 is 0. The summed E-state index contributed by atoms with van der Waals surface area (Å²) in [6.45, 7) is 3.22. The summed E-state index contributed by atoms with van der Waals surface area (Å²) in [5.74, 6) is -1.76. The van der Waals surface area contributed by atoms with Crippen molar-refractivity contribution in [3.63, 3.8) is 0 Å². The van der Waals surface area contributed by atoms with Gasteiger partial charge in [0.05, 0.1) is 0 Å². The molecule has 6 heteroatoms. The third-order valence-electron chi connectivity index (χ3n) is 4.48. The minimum absolute atomic E-state index is 0.0343. The van der Waals surface area contributed by atoms with Gasteiger partial charge in [0.15, 0.2) is 5.78 Å². The Bertz CT molecular complexity index is 1090. The summed E-state index contributed by atoms with van der Waals surface area (Å²) in [7, 11) is 0. The van der Waals surface area contributed by atoms with Gasteiger partial charge in [-0.2, -0.15) is 0 Å². The van der Waals surface area contributed by atoms with Gasteiger partial charge in [0.2, 0.25) is 6.10 Å². The van der Waals surface area contributed by atoms with Crippen LogP contribution < -0.4 is 5.32 Å². The Kier molecular flexibility index (Phi) is 6.27. The fourth-order valence-corrected chi connectivity index (χ4v) is 2.91. The van der Waals surface area contributed by atoms with Gasteiger partial charge in [0.1, 0.15) is 11.3 Å². The zero-order valence-corrected chi connectivity index (χ0v) is 16.6. The predicted molar refractivity (Wildman–Crippen MR) is 113 cm³/mol. The van der Waals surface area contributed by atoms with Crippen LogP contribution in [0.3, 0.4) is 0 Å². The molecule has 3 aromatic rings. The normalized spacial score (nSPS) is 11.4. The molecule has 0 aliphatic heterocycles. The summed E-state index contributed by atoms with van der Waals surface area (Å²) in [5.41, 5.74) is 2.07. The second-order valence-corrected chi connectivity index (χ2v) is 6.84. The zero-order chi connectivity index (χ0) is 21.7. The van der Waals surface area contributed by atoms with Gasteiger partial charge >= 0.3 is 5.97 Å². The number of esters is 1. The van der Waals surface area contributed by atoms with E-state index < -0.39 is 18.0 Å². The van der Waals surface area contributed by atoms with E-state index in [0.29, 0.717) is 16.8 Å². The molecule has 0 bridgehead atoms. The molecule has 1 amide bonds. The van der Waals surface area contributed by atoms with Gasteiger partial charge in [0.25, 0.3) is 5.91 Å². The molecule has 152 valence electrons. The van der Waals surface area contributed by atoms with Gasteiger partial charge in [-0.15, -0.1) is 0 Å². The summed E-state index contributed by atoms with van der Waals surface area (Å²) in [6, 6.07) is 19.6. The second kappa shape index (κ2) is 9.05. The minimum atomic E-state index is -1.25. The number of aromatic hydroxyl groups is 1. The first kappa shape index (κ1) is 20.8. The largest absolute Gasteiger partial charge is 0.507 e. The summed E-state index contributed by atoms with van der Waals surface area (Å²) in [5, 5.41) is 12.8. The molecule has 0 heterocycles. The van der Waals surface area contributed by atoms with E-state index in [-0.39, 0.29) is 17.1 Å². The lowest BCUT2D eigenvalue weighted by Crippen LogP contribution is -2.26. The molecule has 0 aromatic heterocycles. The number of Topliss-reactive ketones (excluding diaryl/α,β-unsaturated/α-hetero) is 1. The van der Waals surface area contributed by atoms with Crippen LogP contribution in [0.2, 0.25) is 0 Å². The highest BCUT2D eigenvalue weighted by Gasteiger charge is 2.27. The predicted octanol–water partition coefficient (Wildman–Crippen LogP) is 4.44. The molecule has 0 fully saturated rings. The molecule has 30 heavy (non-hydrogen) atoms. The van der Waals surface area contributed by atoms with Crippen molar-refractivity contribution in [2.45, 2.75) is 20.0 Å². The molecule has 0 aliphatic carbocycles. The van der Waals surface area contributed by atoms with Crippen molar-refractivity contribution in [2.75, 3.05) is 5.32 Å². The number of ketones is 1. The van der Waals surface area contributed by atoms with Crippen molar-refractivity contribution in [3.05, 3.63) is 95.1 Å². The molecule has 0 unspecified atom stereocenters. The third kappa shape index (κ3) is 4.91. The Labute approximate surface area is 174 Å². The third-order valence-corrected chi connectivity index (χ3v) is 4.48. The van der Waals surface area contributed by atoms with Crippen molar-refractivity contribution in [1.29, 1.82) is 0 Å². The average molecular weight is 403 g/mol. The molecule has 0 radical (unpaired) electrons. The van der Waals surface area contributed by atoms with Crippen LogP contribution in [0.25, 0.3) is 0 Å². The molecule has 0 spiro atoms. The Morgan fingerprint density at radius 1 is 0.933 bits per heavy atom. The molecule has 2 N–H and O–H groups in total. The lowest BCUT2D eigenvalue weighted by atomic mass is 10.1. The van der Waals surface area contributed by atoms with Crippen molar-refractivity contribution in [1.82, 2.24) is 0 Å². The Morgan fingerprint density at radius 2 is 1.67 bits per heavy atom. The van der Waals surface area contributed by atoms with Crippen LogP contribution in [0.1, 0.15) is 44.9 Å². The van der Waals surface area contributed by atoms with Crippen LogP contribution >= 0.6 is 0 Å². The van der Waals surface area contributed by atoms with E-state index in [1.807, 2.05) is 0 Å². The van der Waals surface area contributed by atoms with Crippen molar-refractivity contribution >= 4 is 23.3 Å². The molecule has 3 rings (SSSR count). The van der Waals surface area contributed by atoms with E-state index in [2.05, 4.69) is 5.32 Å². The SMILES string of the molecule is CC(=O)c1cccc(NC(=O)[C@H](OC(=O)c2ccc(C)cc2O)c2ccccc2)c1. The number of rotatable bonds is 6. The van der Waals surface area contributed by atoms with E-state index in [9.17, 15) is 19.5 Å². The maximum atomic E-state index is 13.0. The minimum Gasteiger partial charge on any atom is -0.507 e. The van der Waals surface area contributed by atoms with E-state index in [1.165, 1.54) is 19.1 Å².